The topological polar surface area (TPSA) is 0 Å². The maximum absolute atomic E-state index is 2.29. The standard InChI is InChI=1S/C13H14S2/c1-10-8-13(11(2)15-10)14-9-12-6-4-3-5-7-12/h3-8H,9H2,1-2H3. The first-order valence-electron chi connectivity index (χ1n) is 4.99. The van der Waals surface area contributed by atoms with Crippen molar-refractivity contribution in [3.63, 3.8) is 0 Å². The Morgan fingerprint density at radius 3 is 2.47 bits per heavy atom. The lowest BCUT2D eigenvalue weighted by Gasteiger charge is -2.00. The van der Waals surface area contributed by atoms with Crippen LogP contribution in [0.4, 0.5) is 0 Å². The lowest BCUT2D eigenvalue weighted by atomic mass is 10.2. The zero-order valence-electron chi connectivity index (χ0n) is 8.99. The first-order valence-corrected chi connectivity index (χ1v) is 6.79. The summed E-state index contributed by atoms with van der Waals surface area (Å²) in [4.78, 5) is 4.28. The van der Waals surface area contributed by atoms with Gasteiger partial charge in [-0.3, -0.25) is 0 Å². The van der Waals surface area contributed by atoms with Crippen LogP contribution < -0.4 is 0 Å². The Labute approximate surface area is 99.3 Å². The molecule has 0 aliphatic rings. The van der Waals surface area contributed by atoms with E-state index in [1.807, 2.05) is 23.1 Å². The fraction of sp³-hybridized carbons (Fsp3) is 0.231. The van der Waals surface area contributed by atoms with Crippen LogP contribution in [0.2, 0.25) is 0 Å². The Hall–Kier alpha value is -0.730. The molecule has 0 aliphatic carbocycles. The highest BCUT2D eigenvalue weighted by molar-refractivity contribution is 7.98. The van der Waals surface area contributed by atoms with E-state index in [2.05, 4.69) is 50.2 Å². The third kappa shape index (κ3) is 2.86. The number of thiophene rings is 1. The summed E-state index contributed by atoms with van der Waals surface area (Å²) in [5, 5.41) is 0. The predicted molar refractivity (Wildman–Crippen MR) is 69.8 cm³/mol. The molecule has 0 nitrogen and oxygen atoms in total. The van der Waals surface area contributed by atoms with Gasteiger partial charge in [-0.2, -0.15) is 0 Å². The van der Waals surface area contributed by atoms with Crippen molar-refractivity contribution >= 4 is 23.1 Å². The number of aryl methyl sites for hydroxylation is 2. The minimum absolute atomic E-state index is 1.07. The second-order valence-corrected chi connectivity index (χ2v) is 6.03. The molecule has 0 bridgehead atoms. The molecule has 0 aliphatic heterocycles. The molecule has 2 heteroatoms. The highest BCUT2D eigenvalue weighted by Crippen LogP contribution is 2.31. The summed E-state index contributed by atoms with van der Waals surface area (Å²) in [5.41, 5.74) is 1.39. The lowest BCUT2D eigenvalue weighted by Crippen LogP contribution is -1.78. The van der Waals surface area contributed by atoms with Gasteiger partial charge in [-0.25, -0.2) is 0 Å². The van der Waals surface area contributed by atoms with Crippen LogP contribution in [0.5, 0.6) is 0 Å². The smallest absolute Gasteiger partial charge is 0.0232 e. The molecule has 0 unspecified atom stereocenters. The van der Waals surface area contributed by atoms with Crippen LogP contribution in [0.15, 0.2) is 41.3 Å². The van der Waals surface area contributed by atoms with Gasteiger partial charge < -0.3 is 0 Å². The molecule has 0 spiro atoms. The van der Waals surface area contributed by atoms with Gasteiger partial charge in [0.05, 0.1) is 0 Å². The second kappa shape index (κ2) is 4.86. The van der Waals surface area contributed by atoms with Crippen molar-refractivity contribution in [2.75, 3.05) is 0 Å². The van der Waals surface area contributed by atoms with Crippen molar-refractivity contribution < 1.29 is 0 Å². The third-order valence-electron chi connectivity index (χ3n) is 2.23. The monoisotopic (exact) mass is 234 g/mol. The number of hydrogen-bond acceptors (Lipinski definition) is 2. The van der Waals surface area contributed by atoms with Crippen molar-refractivity contribution in [2.45, 2.75) is 24.5 Å². The average molecular weight is 234 g/mol. The Balaban J connectivity index is 2.02. The Morgan fingerprint density at radius 2 is 1.87 bits per heavy atom. The zero-order valence-corrected chi connectivity index (χ0v) is 10.6. The molecule has 1 heterocycles. The zero-order chi connectivity index (χ0) is 10.7. The van der Waals surface area contributed by atoms with Crippen LogP contribution in [0, 0.1) is 13.8 Å². The van der Waals surface area contributed by atoms with Crippen molar-refractivity contribution in [1.82, 2.24) is 0 Å². The van der Waals surface area contributed by atoms with Gasteiger partial charge in [0, 0.05) is 20.4 Å². The summed E-state index contributed by atoms with van der Waals surface area (Å²) in [6, 6.07) is 12.9. The lowest BCUT2D eigenvalue weighted by molar-refractivity contribution is 1.36. The summed E-state index contributed by atoms with van der Waals surface area (Å²) in [6.45, 7) is 4.37. The number of rotatable bonds is 3. The maximum Gasteiger partial charge on any atom is 0.0232 e. The summed E-state index contributed by atoms with van der Waals surface area (Å²) in [5.74, 6) is 1.07. The molecule has 2 rings (SSSR count). The molecule has 78 valence electrons. The first kappa shape index (κ1) is 10.8. The molecule has 0 atom stereocenters. The van der Waals surface area contributed by atoms with E-state index in [1.165, 1.54) is 20.2 Å². The molecule has 1 aromatic heterocycles. The van der Waals surface area contributed by atoms with Crippen LogP contribution >= 0.6 is 23.1 Å². The highest BCUT2D eigenvalue weighted by atomic mass is 32.2. The molecule has 0 amide bonds. The van der Waals surface area contributed by atoms with Crippen molar-refractivity contribution in [3.05, 3.63) is 51.7 Å². The first-order chi connectivity index (χ1) is 7.25. The molecule has 15 heavy (non-hydrogen) atoms. The van der Waals surface area contributed by atoms with Crippen molar-refractivity contribution in [2.24, 2.45) is 0 Å². The Morgan fingerprint density at radius 1 is 1.13 bits per heavy atom. The summed E-state index contributed by atoms with van der Waals surface area (Å²) < 4.78 is 0. The van der Waals surface area contributed by atoms with Gasteiger partial charge in [-0.1, -0.05) is 30.3 Å². The van der Waals surface area contributed by atoms with Crippen LogP contribution in [0.25, 0.3) is 0 Å². The van der Waals surface area contributed by atoms with Crippen molar-refractivity contribution in [3.8, 4) is 0 Å². The van der Waals surface area contributed by atoms with Crippen molar-refractivity contribution in [1.29, 1.82) is 0 Å². The van der Waals surface area contributed by atoms with Crippen LogP contribution in [0.1, 0.15) is 15.3 Å². The average Bonchev–Trinajstić information content (AvgIpc) is 2.56. The van der Waals surface area contributed by atoms with E-state index in [1.54, 1.807) is 0 Å². The van der Waals surface area contributed by atoms with Gasteiger partial charge in [0.2, 0.25) is 0 Å². The van der Waals surface area contributed by atoms with E-state index >= 15 is 0 Å². The van der Waals surface area contributed by atoms with E-state index in [0.29, 0.717) is 0 Å². The largest absolute Gasteiger partial charge is 0.145 e. The van der Waals surface area contributed by atoms with Gasteiger partial charge in [-0.15, -0.1) is 23.1 Å². The molecule has 0 saturated carbocycles. The fourth-order valence-electron chi connectivity index (χ4n) is 1.49. The van der Waals surface area contributed by atoms with E-state index < -0.39 is 0 Å². The molecular weight excluding hydrogens is 220 g/mol. The minimum Gasteiger partial charge on any atom is -0.145 e. The molecule has 2 aromatic rings. The third-order valence-corrected chi connectivity index (χ3v) is 4.54. The van der Waals surface area contributed by atoms with E-state index in [0.717, 1.165) is 5.75 Å². The Kier molecular flexibility index (Phi) is 3.49. The van der Waals surface area contributed by atoms with Gasteiger partial charge in [0.15, 0.2) is 0 Å². The van der Waals surface area contributed by atoms with Crippen LogP contribution in [0.3, 0.4) is 0 Å². The van der Waals surface area contributed by atoms with Crippen LogP contribution in [-0.4, -0.2) is 0 Å². The summed E-state index contributed by atoms with van der Waals surface area (Å²) in [7, 11) is 0. The van der Waals surface area contributed by atoms with Gasteiger partial charge >= 0.3 is 0 Å². The van der Waals surface area contributed by atoms with E-state index in [9.17, 15) is 0 Å². The molecule has 0 N–H and O–H groups in total. The van der Waals surface area contributed by atoms with Crippen LogP contribution in [-0.2, 0) is 5.75 Å². The number of thioether (sulfide) groups is 1. The highest BCUT2D eigenvalue weighted by Gasteiger charge is 2.03. The molecular formula is C13H14S2. The van der Waals surface area contributed by atoms with E-state index in [4.69, 9.17) is 0 Å². The van der Waals surface area contributed by atoms with Gasteiger partial charge in [0.1, 0.15) is 0 Å². The molecule has 0 fully saturated rings. The van der Waals surface area contributed by atoms with E-state index in [-0.39, 0.29) is 0 Å². The SMILES string of the molecule is Cc1cc(SCc2ccccc2)c(C)s1. The molecule has 0 radical (unpaired) electrons. The normalized spacial score (nSPS) is 10.5. The van der Waals surface area contributed by atoms with Gasteiger partial charge in [-0.05, 0) is 25.5 Å². The summed E-state index contributed by atoms with van der Waals surface area (Å²) >= 11 is 3.81. The maximum atomic E-state index is 2.29. The minimum atomic E-state index is 1.07. The Bertz CT molecular complexity index is 429. The molecule has 1 aromatic carbocycles. The summed E-state index contributed by atoms with van der Waals surface area (Å²) in [6.07, 6.45) is 0. The quantitative estimate of drug-likeness (QED) is 0.696. The second-order valence-electron chi connectivity index (χ2n) is 3.55. The molecule has 0 saturated heterocycles. The predicted octanol–water partition coefficient (Wildman–Crippen LogP) is 4.66. The number of hydrogen-bond donors (Lipinski definition) is 0. The number of benzene rings is 1. The van der Waals surface area contributed by atoms with Gasteiger partial charge in [0.25, 0.3) is 0 Å². The fourth-order valence-corrected chi connectivity index (χ4v) is 3.66.